The van der Waals surface area contributed by atoms with E-state index in [1.54, 1.807) is 0 Å². The fraction of sp³-hybridized carbons (Fsp3) is 0.429. The maximum Gasteiger partial charge on any atom is 0.309 e. The molecule has 1 atom stereocenters. The van der Waals surface area contributed by atoms with Crippen LogP contribution >= 0.6 is 0 Å². The summed E-state index contributed by atoms with van der Waals surface area (Å²) >= 11 is 0. The Morgan fingerprint density at radius 2 is 2.06 bits per heavy atom. The van der Waals surface area contributed by atoms with Crippen LogP contribution in [0, 0.1) is 0 Å². The molecule has 90 valence electrons. The van der Waals surface area contributed by atoms with Gasteiger partial charge in [0.25, 0.3) is 0 Å². The molecule has 1 aliphatic rings. The molecule has 1 unspecified atom stereocenters. The first-order chi connectivity index (χ1) is 8.19. The van der Waals surface area contributed by atoms with Gasteiger partial charge in [-0.25, -0.2) is 0 Å². The molecular weight excluding hydrogens is 216 g/mol. The topological polar surface area (TPSA) is 43.4 Å². The smallest absolute Gasteiger partial charge is 0.309 e. The SMILES string of the molecule is COC(=O)Cc1ccc(C2CCC(=O)C2)cc1. The first-order valence-electron chi connectivity index (χ1n) is 5.86. The summed E-state index contributed by atoms with van der Waals surface area (Å²) in [5.41, 5.74) is 2.15. The predicted octanol–water partition coefficient (Wildman–Crippen LogP) is 2.24. The first-order valence-corrected chi connectivity index (χ1v) is 5.86. The van der Waals surface area contributed by atoms with Crippen LogP contribution in [0.2, 0.25) is 0 Å². The van der Waals surface area contributed by atoms with Crippen LogP contribution < -0.4 is 0 Å². The normalized spacial score (nSPS) is 19.4. The summed E-state index contributed by atoms with van der Waals surface area (Å²) in [6.45, 7) is 0. The summed E-state index contributed by atoms with van der Waals surface area (Å²) in [6, 6.07) is 7.91. The van der Waals surface area contributed by atoms with Crippen molar-refractivity contribution in [2.45, 2.75) is 31.6 Å². The summed E-state index contributed by atoms with van der Waals surface area (Å²) in [5, 5.41) is 0. The van der Waals surface area contributed by atoms with Crippen LogP contribution in [-0.2, 0) is 20.7 Å². The van der Waals surface area contributed by atoms with E-state index < -0.39 is 0 Å². The summed E-state index contributed by atoms with van der Waals surface area (Å²) in [5.74, 6) is 0.497. The molecule has 1 aromatic carbocycles. The molecule has 0 aliphatic heterocycles. The van der Waals surface area contributed by atoms with E-state index in [0.29, 0.717) is 31.0 Å². The number of carbonyl (C=O) groups is 2. The average molecular weight is 232 g/mol. The summed E-state index contributed by atoms with van der Waals surface area (Å²) in [6.07, 6.45) is 2.63. The fourth-order valence-electron chi connectivity index (χ4n) is 2.25. The van der Waals surface area contributed by atoms with E-state index in [2.05, 4.69) is 4.74 Å². The second-order valence-electron chi connectivity index (χ2n) is 4.47. The van der Waals surface area contributed by atoms with Gasteiger partial charge in [-0.15, -0.1) is 0 Å². The molecule has 1 aromatic rings. The molecule has 0 aromatic heterocycles. The van der Waals surface area contributed by atoms with Crippen molar-refractivity contribution in [3.8, 4) is 0 Å². The number of carbonyl (C=O) groups excluding carboxylic acids is 2. The van der Waals surface area contributed by atoms with Gasteiger partial charge in [0.05, 0.1) is 13.5 Å². The molecule has 0 N–H and O–H groups in total. The minimum absolute atomic E-state index is 0.228. The van der Waals surface area contributed by atoms with Crippen LogP contribution in [0.5, 0.6) is 0 Å². The number of esters is 1. The van der Waals surface area contributed by atoms with Gasteiger partial charge < -0.3 is 4.74 Å². The van der Waals surface area contributed by atoms with E-state index in [9.17, 15) is 9.59 Å². The molecule has 0 radical (unpaired) electrons. The second-order valence-corrected chi connectivity index (χ2v) is 4.47. The molecule has 0 amide bonds. The van der Waals surface area contributed by atoms with Crippen LogP contribution in [-0.4, -0.2) is 18.9 Å². The monoisotopic (exact) mass is 232 g/mol. The number of hydrogen-bond donors (Lipinski definition) is 0. The van der Waals surface area contributed by atoms with Crippen molar-refractivity contribution in [2.75, 3.05) is 7.11 Å². The molecule has 1 fully saturated rings. The molecule has 0 saturated heterocycles. The van der Waals surface area contributed by atoms with Crippen molar-refractivity contribution >= 4 is 11.8 Å². The Labute approximate surface area is 101 Å². The average Bonchev–Trinajstić information content (AvgIpc) is 2.77. The number of rotatable bonds is 3. The largest absolute Gasteiger partial charge is 0.469 e. The zero-order valence-electron chi connectivity index (χ0n) is 9.94. The Hall–Kier alpha value is -1.64. The number of ketones is 1. The summed E-state index contributed by atoms with van der Waals surface area (Å²) in [7, 11) is 1.39. The van der Waals surface area contributed by atoms with Gasteiger partial charge in [-0.05, 0) is 23.5 Å². The van der Waals surface area contributed by atoms with Crippen LogP contribution in [0.15, 0.2) is 24.3 Å². The molecule has 0 bridgehead atoms. The van der Waals surface area contributed by atoms with Gasteiger partial charge in [0, 0.05) is 12.8 Å². The van der Waals surface area contributed by atoms with E-state index in [0.717, 1.165) is 12.0 Å². The lowest BCUT2D eigenvalue weighted by Gasteiger charge is -2.09. The van der Waals surface area contributed by atoms with E-state index in [4.69, 9.17) is 0 Å². The maximum atomic E-state index is 11.2. The number of ether oxygens (including phenoxy) is 1. The van der Waals surface area contributed by atoms with Gasteiger partial charge in [0.2, 0.25) is 0 Å². The van der Waals surface area contributed by atoms with Gasteiger partial charge in [0.15, 0.2) is 0 Å². The van der Waals surface area contributed by atoms with E-state index in [1.807, 2.05) is 24.3 Å². The van der Waals surface area contributed by atoms with Gasteiger partial charge in [0.1, 0.15) is 5.78 Å². The van der Waals surface area contributed by atoms with Crippen LogP contribution in [0.3, 0.4) is 0 Å². The Kier molecular flexibility index (Phi) is 3.57. The highest BCUT2D eigenvalue weighted by Gasteiger charge is 2.23. The molecule has 3 heteroatoms. The van der Waals surface area contributed by atoms with Gasteiger partial charge in [-0.2, -0.15) is 0 Å². The quantitative estimate of drug-likeness (QED) is 0.751. The lowest BCUT2D eigenvalue weighted by atomic mass is 9.96. The molecule has 0 heterocycles. The predicted molar refractivity (Wildman–Crippen MR) is 63.8 cm³/mol. The third-order valence-electron chi connectivity index (χ3n) is 3.27. The number of hydrogen-bond acceptors (Lipinski definition) is 3. The van der Waals surface area contributed by atoms with Gasteiger partial charge in [-0.1, -0.05) is 24.3 Å². The zero-order valence-corrected chi connectivity index (χ0v) is 9.94. The van der Waals surface area contributed by atoms with Crippen molar-refractivity contribution in [3.63, 3.8) is 0 Å². The molecular formula is C14H16O3. The number of methoxy groups -OCH3 is 1. The standard InChI is InChI=1S/C14H16O3/c1-17-14(16)8-10-2-4-11(5-3-10)12-6-7-13(15)9-12/h2-5,12H,6-9H2,1H3. The minimum atomic E-state index is -0.228. The molecule has 1 aliphatic carbocycles. The lowest BCUT2D eigenvalue weighted by molar-refractivity contribution is -0.139. The highest BCUT2D eigenvalue weighted by Crippen LogP contribution is 2.31. The third-order valence-corrected chi connectivity index (χ3v) is 3.27. The Balaban J connectivity index is 2.02. The zero-order chi connectivity index (χ0) is 12.3. The van der Waals surface area contributed by atoms with Crippen LogP contribution in [0.25, 0.3) is 0 Å². The van der Waals surface area contributed by atoms with E-state index in [1.165, 1.54) is 12.7 Å². The molecule has 2 rings (SSSR count). The lowest BCUT2D eigenvalue weighted by Crippen LogP contribution is -2.04. The van der Waals surface area contributed by atoms with Gasteiger partial charge >= 0.3 is 5.97 Å². The van der Waals surface area contributed by atoms with Crippen molar-refractivity contribution in [1.29, 1.82) is 0 Å². The molecule has 0 spiro atoms. The second kappa shape index (κ2) is 5.13. The van der Waals surface area contributed by atoms with Crippen molar-refractivity contribution in [1.82, 2.24) is 0 Å². The van der Waals surface area contributed by atoms with E-state index in [-0.39, 0.29) is 5.97 Å². The minimum Gasteiger partial charge on any atom is -0.469 e. The summed E-state index contributed by atoms with van der Waals surface area (Å²) < 4.78 is 4.61. The highest BCUT2D eigenvalue weighted by molar-refractivity contribution is 5.81. The van der Waals surface area contributed by atoms with E-state index >= 15 is 0 Å². The highest BCUT2D eigenvalue weighted by atomic mass is 16.5. The van der Waals surface area contributed by atoms with Crippen molar-refractivity contribution < 1.29 is 14.3 Å². The van der Waals surface area contributed by atoms with Crippen molar-refractivity contribution in [2.24, 2.45) is 0 Å². The van der Waals surface area contributed by atoms with Crippen LogP contribution in [0.4, 0.5) is 0 Å². The maximum absolute atomic E-state index is 11.2. The Morgan fingerprint density at radius 1 is 1.35 bits per heavy atom. The summed E-state index contributed by atoms with van der Waals surface area (Å²) in [4.78, 5) is 22.3. The van der Waals surface area contributed by atoms with Crippen LogP contribution in [0.1, 0.15) is 36.3 Å². The molecule has 1 saturated carbocycles. The Morgan fingerprint density at radius 3 is 2.59 bits per heavy atom. The number of Topliss-reactive ketones (excluding diaryl/α,β-unsaturated/α-hetero) is 1. The first kappa shape index (κ1) is 11.8. The fourth-order valence-corrected chi connectivity index (χ4v) is 2.25. The number of benzene rings is 1. The Bertz CT molecular complexity index is 420. The van der Waals surface area contributed by atoms with Gasteiger partial charge in [-0.3, -0.25) is 9.59 Å². The molecule has 17 heavy (non-hydrogen) atoms. The molecule has 3 nitrogen and oxygen atoms in total. The van der Waals surface area contributed by atoms with Crippen molar-refractivity contribution in [3.05, 3.63) is 35.4 Å². The third kappa shape index (κ3) is 2.93.